The van der Waals surface area contributed by atoms with Crippen LogP contribution in [0.5, 0.6) is 0 Å². The normalized spacial score (nSPS) is 13.5. The Morgan fingerprint density at radius 3 is 1.19 bits per heavy atom. The second-order valence-corrected chi connectivity index (χ2v) is 40.1. The van der Waals surface area contributed by atoms with Crippen molar-refractivity contribution in [2.24, 2.45) is 0 Å². The first-order chi connectivity index (χ1) is 25.1. The molecule has 304 valence electrons. The maximum Gasteiger partial charge on any atom is 0.468 e. The Balaban J connectivity index is 1.58. The third-order valence-corrected chi connectivity index (χ3v) is 29.9. The molecular weight excluding hydrogens is 769 g/mol. The van der Waals surface area contributed by atoms with E-state index >= 15 is 0 Å². The van der Waals surface area contributed by atoms with Crippen molar-refractivity contribution in [3.63, 3.8) is 0 Å². The van der Waals surface area contributed by atoms with Crippen LogP contribution in [0.4, 0.5) is 0 Å². The number of hydrogen-bond donors (Lipinski definition) is 0. The second kappa shape index (κ2) is 26.6. The molecule has 2 aromatic rings. The molecular formula is C42H82O4SSi6. The van der Waals surface area contributed by atoms with Gasteiger partial charge in [0.05, 0.1) is 16.1 Å². The second-order valence-electron chi connectivity index (χ2n) is 17.9. The molecule has 0 radical (unpaired) electrons. The van der Waals surface area contributed by atoms with Gasteiger partial charge in [-0.15, -0.1) is 0 Å². The Hall–Kier alpha value is -0.229. The largest absolute Gasteiger partial charge is 0.468 e. The maximum atomic E-state index is 12.3. The van der Waals surface area contributed by atoms with Crippen molar-refractivity contribution in [2.45, 2.75) is 186 Å². The van der Waals surface area contributed by atoms with Crippen LogP contribution in [0.15, 0.2) is 54.6 Å². The summed E-state index contributed by atoms with van der Waals surface area (Å²) in [5.74, 6) is 1.56. The fourth-order valence-electron chi connectivity index (χ4n) is 7.51. The van der Waals surface area contributed by atoms with Crippen LogP contribution in [0.3, 0.4) is 0 Å². The molecule has 0 amide bonds. The van der Waals surface area contributed by atoms with E-state index in [1.54, 1.807) is 10.4 Å². The van der Waals surface area contributed by atoms with Gasteiger partial charge in [0, 0.05) is 28.3 Å². The van der Waals surface area contributed by atoms with Crippen LogP contribution < -0.4 is 10.4 Å². The van der Waals surface area contributed by atoms with Gasteiger partial charge in [-0.05, 0) is 57.7 Å². The van der Waals surface area contributed by atoms with E-state index in [2.05, 4.69) is 102 Å². The number of hydrogen-bond acceptors (Lipinski definition) is 4. The number of rotatable bonds is 31. The smallest absolute Gasteiger partial charge is 0.420 e. The first-order valence-electron chi connectivity index (χ1n) is 21.7. The predicted molar refractivity (Wildman–Crippen MR) is 253 cm³/mol. The number of benzene rings is 2. The summed E-state index contributed by atoms with van der Waals surface area (Å²) in [6.07, 6.45) is 19.7. The van der Waals surface area contributed by atoms with Crippen LogP contribution in [-0.4, -0.2) is 62.0 Å². The minimum Gasteiger partial charge on any atom is -0.420 e. The van der Waals surface area contributed by atoms with Gasteiger partial charge in [0.15, 0.2) is 27.1 Å². The van der Waals surface area contributed by atoms with E-state index in [-0.39, 0.29) is 0 Å². The van der Waals surface area contributed by atoms with Gasteiger partial charge >= 0.3 is 8.80 Å². The molecule has 0 heterocycles. The molecule has 0 aromatic heterocycles. The van der Waals surface area contributed by atoms with Crippen molar-refractivity contribution in [3.05, 3.63) is 60.2 Å². The first kappa shape index (κ1) is 48.9. The standard InChI is InChI=1S/C42H82O4SSi6/c1-48(2)44-53(45-49(3)4,46-50(5)6)38-28-21-17-16-20-27-37-52(9,10)42-33-31-41(32-34-42)51(7,8)36-26-19-15-13-11-12-14-18-25-35-47(43)39-40-29-23-22-24-30-40/h22-24,29-34,48-50H,11-21,25-28,35-39H2,1-10H3. The van der Waals surface area contributed by atoms with Gasteiger partial charge in [-0.2, -0.15) is 0 Å². The molecule has 0 bridgehead atoms. The van der Waals surface area contributed by atoms with E-state index in [1.807, 2.05) is 18.2 Å². The Kier molecular flexibility index (Phi) is 24.6. The highest BCUT2D eigenvalue weighted by atomic mass is 32.2. The average Bonchev–Trinajstić information content (AvgIpc) is 3.08. The summed E-state index contributed by atoms with van der Waals surface area (Å²) in [5, 5.41) is 3.29. The predicted octanol–water partition coefficient (Wildman–Crippen LogP) is 11.3. The van der Waals surface area contributed by atoms with E-state index in [1.165, 1.54) is 108 Å². The minimum atomic E-state index is -2.48. The molecule has 0 aliphatic rings. The Morgan fingerprint density at radius 1 is 0.472 bits per heavy atom. The summed E-state index contributed by atoms with van der Waals surface area (Å²) in [6.45, 7) is 23.9. The van der Waals surface area contributed by atoms with Gasteiger partial charge in [0.2, 0.25) is 0 Å². The van der Waals surface area contributed by atoms with Crippen molar-refractivity contribution in [2.75, 3.05) is 5.75 Å². The summed E-state index contributed by atoms with van der Waals surface area (Å²) in [7, 11) is -9.63. The zero-order valence-corrected chi connectivity index (χ0v) is 43.4. The number of unbranched alkanes of at least 4 members (excludes halogenated alkanes) is 13. The lowest BCUT2D eigenvalue weighted by Gasteiger charge is -2.35. The Labute approximate surface area is 339 Å². The zero-order valence-electron chi connectivity index (χ0n) is 36.1. The van der Waals surface area contributed by atoms with Crippen LogP contribution in [0.2, 0.25) is 83.6 Å². The lowest BCUT2D eigenvalue weighted by molar-refractivity contribution is 0.266. The fourth-order valence-corrected chi connectivity index (χ4v) is 26.6. The van der Waals surface area contributed by atoms with E-state index < -0.39 is 62.9 Å². The first-order valence-corrected chi connectivity index (χ1v) is 39.9. The fraction of sp³-hybridized carbons (Fsp3) is 0.714. The summed E-state index contributed by atoms with van der Waals surface area (Å²) in [5.41, 5.74) is 1.20. The monoisotopic (exact) mass is 850 g/mol. The van der Waals surface area contributed by atoms with E-state index in [9.17, 15) is 4.21 Å². The molecule has 0 aliphatic carbocycles. The Bertz CT molecular complexity index is 1220. The molecule has 0 N–H and O–H groups in total. The van der Waals surface area contributed by atoms with Gasteiger partial charge < -0.3 is 12.3 Å². The molecule has 0 aliphatic heterocycles. The maximum absolute atomic E-state index is 12.3. The third kappa shape index (κ3) is 21.8. The molecule has 53 heavy (non-hydrogen) atoms. The van der Waals surface area contributed by atoms with Crippen molar-refractivity contribution in [1.82, 2.24) is 0 Å². The van der Waals surface area contributed by atoms with Crippen molar-refractivity contribution in [3.8, 4) is 0 Å². The van der Waals surface area contributed by atoms with Crippen LogP contribution in [0.25, 0.3) is 0 Å². The highest BCUT2D eigenvalue weighted by molar-refractivity contribution is 7.84. The van der Waals surface area contributed by atoms with Crippen molar-refractivity contribution >= 4 is 73.2 Å². The molecule has 0 saturated heterocycles. The van der Waals surface area contributed by atoms with E-state index in [4.69, 9.17) is 12.3 Å². The van der Waals surface area contributed by atoms with Crippen molar-refractivity contribution < 1.29 is 16.6 Å². The topological polar surface area (TPSA) is 44.8 Å². The van der Waals surface area contributed by atoms with Gasteiger partial charge in [0.25, 0.3) is 0 Å². The molecule has 2 rings (SSSR count). The van der Waals surface area contributed by atoms with E-state index in [0.717, 1.165) is 18.2 Å². The summed E-state index contributed by atoms with van der Waals surface area (Å²) < 4.78 is 32.0. The SMILES string of the molecule is C[SiH](C)O[Si](CCCCCCCC[Si](C)(C)c1ccc([Si](C)(C)CCCCCCCCCCCS(=O)Cc2ccccc2)cc1)(O[SiH](C)C)O[SiH](C)C. The molecule has 0 fully saturated rings. The summed E-state index contributed by atoms with van der Waals surface area (Å²) in [4.78, 5) is 0. The minimum absolute atomic E-state index is 0.707. The summed E-state index contributed by atoms with van der Waals surface area (Å²) in [6, 6.07) is 24.1. The molecule has 1 atom stereocenters. The highest BCUT2D eigenvalue weighted by Gasteiger charge is 2.42. The lowest BCUT2D eigenvalue weighted by Crippen LogP contribution is -2.53. The zero-order chi connectivity index (χ0) is 39.2. The van der Waals surface area contributed by atoms with Gasteiger partial charge in [-0.1, -0.05) is 187 Å². The van der Waals surface area contributed by atoms with Crippen LogP contribution >= 0.6 is 0 Å². The quantitative estimate of drug-likeness (QED) is 0.0560. The molecule has 4 nitrogen and oxygen atoms in total. The molecule has 0 spiro atoms. The lowest BCUT2D eigenvalue weighted by atomic mass is 10.1. The summed E-state index contributed by atoms with van der Waals surface area (Å²) >= 11 is 0. The molecule has 11 heteroatoms. The molecule has 1 unspecified atom stereocenters. The Morgan fingerprint density at radius 2 is 0.811 bits per heavy atom. The van der Waals surface area contributed by atoms with Crippen molar-refractivity contribution in [1.29, 1.82) is 0 Å². The van der Waals surface area contributed by atoms with Gasteiger partial charge in [0.1, 0.15) is 0 Å². The van der Waals surface area contributed by atoms with Gasteiger partial charge in [-0.25, -0.2) is 0 Å². The molecule has 2 aromatic carbocycles. The van der Waals surface area contributed by atoms with Crippen LogP contribution in [0, 0.1) is 0 Å². The third-order valence-electron chi connectivity index (χ3n) is 10.6. The van der Waals surface area contributed by atoms with E-state index in [0.29, 0.717) is 5.75 Å². The molecule has 0 saturated carbocycles. The van der Waals surface area contributed by atoms with Crippen LogP contribution in [-0.2, 0) is 28.9 Å². The van der Waals surface area contributed by atoms with Gasteiger partial charge in [-0.3, -0.25) is 4.21 Å². The highest BCUT2D eigenvalue weighted by Crippen LogP contribution is 2.25. The van der Waals surface area contributed by atoms with Crippen LogP contribution in [0.1, 0.15) is 102 Å². The average molecular weight is 852 g/mol.